The average molecular weight is 365 g/mol. The van der Waals surface area contributed by atoms with Crippen LogP contribution in [0.4, 0.5) is 0 Å². The quantitative estimate of drug-likeness (QED) is 0.766. The number of carbonyl (C=O) groups is 2. The van der Waals surface area contributed by atoms with E-state index < -0.39 is 23.6 Å². The first-order valence-electron chi connectivity index (χ1n) is 8.72. The maximum absolute atomic E-state index is 12.6. The van der Waals surface area contributed by atoms with Gasteiger partial charge in [-0.3, -0.25) is 4.79 Å². The van der Waals surface area contributed by atoms with Gasteiger partial charge in [-0.15, -0.1) is 0 Å². The van der Waals surface area contributed by atoms with E-state index in [1.165, 1.54) is 0 Å². The lowest BCUT2D eigenvalue weighted by Gasteiger charge is -2.36. The summed E-state index contributed by atoms with van der Waals surface area (Å²) in [6, 6.07) is -1.03. The minimum atomic E-state index is -1.18. The Morgan fingerprint density at radius 2 is 1.88 bits per heavy atom. The van der Waals surface area contributed by atoms with Crippen molar-refractivity contribution >= 4 is 11.9 Å². The summed E-state index contributed by atoms with van der Waals surface area (Å²) < 4.78 is 16.0. The smallest absolute Gasteiger partial charge is 0.350 e. The second-order valence-electron chi connectivity index (χ2n) is 6.82. The normalized spacial score (nSPS) is 19.9. The van der Waals surface area contributed by atoms with Crippen LogP contribution in [-0.4, -0.2) is 41.9 Å². The molecule has 0 amide bonds. The first-order valence-corrected chi connectivity index (χ1v) is 8.72. The molecule has 2 atom stereocenters. The number of carbonyl (C=O) groups excluding carboxylic acids is 2. The highest BCUT2D eigenvalue weighted by atomic mass is 16.6. The van der Waals surface area contributed by atoms with Gasteiger partial charge in [-0.1, -0.05) is 0 Å². The summed E-state index contributed by atoms with van der Waals surface area (Å²) in [6.07, 6.45) is 0.974. The summed E-state index contributed by atoms with van der Waals surface area (Å²) in [5.41, 5.74) is 7.67. The molecule has 0 bridgehead atoms. The minimum Gasteiger partial charge on any atom is -0.507 e. The number of hydrogen-bond donors (Lipinski definition) is 2. The molecule has 1 aromatic carbocycles. The summed E-state index contributed by atoms with van der Waals surface area (Å²) in [5.74, 6) is -0.321. The number of phenolic OH excluding ortho intramolecular Hbond substituents is 1. The van der Waals surface area contributed by atoms with Crippen molar-refractivity contribution in [3.05, 3.63) is 22.3 Å². The number of ether oxygens (including phenoxy) is 3. The van der Waals surface area contributed by atoms with E-state index in [0.717, 1.165) is 22.3 Å². The molecule has 0 saturated heterocycles. The van der Waals surface area contributed by atoms with Gasteiger partial charge in [-0.25, -0.2) is 4.79 Å². The van der Waals surface area contributed by atoms with Crippen LogP contribution in [0.1, 0.15) is 42.5 Å². The maximum Gasteiger partial charge on any atom is 0.350 e. The van der Waals surface area contributed by atoms with E-state index in [9.17, 15) is 14.7 Å². The van der Waals surface area contributed by atoms with Gasteiger partial charge in [0.05, 0.1) is 6.61 Å². The number of rotatable bonds is 5. The second kappa shape index (κ2) is 7.53. The standard InChI is InChI=1S/C19H27NO6/c1-6-24-17(22)14(20)9-25-18(23)19(5)8-7-13-12(4)15(21)10(2)11(3)16(13)26-19/h14,21H,6-9,20H2,1-5H3/t14-,19?/m0/s1. The van der Waals surface area contributed by atoms with Crippen LogP contribution in [0.15, 0.2) is 0 Å². The Bertz CT molecular complexity index is 729. The van der Waals surface area contributed by atoms with Crippen LogP contribution in [0.2, 0.25) is 0 Å². The molecule has 7 heteroatoms. The molecule has 26 heavy (non-hydrogen) atoms. The summed E-state index contributed by atoms with van der Waals surface area (Å²) >= 11 is 0. The van der Waals surface area contributed by atoms with Gasteiger partial charge < -0.3 is 25.1 Å². The number of benzene rings is 1. The van der Waals surface area contributed by atoms with E-state index in [-0.39, 0.29) is 19.0 Å². The molecule has 2 rings (SSSR count). The largest absolute Gasteiger partial charge is 0.507 e. The third kappa shape index (κ3) is 3.62. The van der Waals surface area contributed by atoms with Crippen molar-refractivity contribution < 1.29 is 28.9 Å². The molecule has 1 aromatic rings. The van der Waals surface area contributed by atoms with E-state index in [1.807, 2.05) is 20.8 Å². The molecule has 0 radical (unpaired) electrons. The third-order valence-electron chi connectivity index (χ3n) is 4.93. The Balaban J connectivity index is 2.15. The maximum atomic E-state index is 12.6. The van der Waals surface area contributed by atoms with Gasteiger partial charge in [0.2, 0.25) is 5.60 Å². The Morgan fingerprint density at radius 1 is 1.23 bits per heavy atom. The highest BCUT2D eigenvalue weighted by Gasteiger charge is 2.42. The van der Waals surface area contributed by atoms with Crippen LogP contribution >= 0.6 is 0 Å². The zero-order chi connectivity index (χ0) is 19.6. The lowest BCUT2D eigenvalue weighted by molar-refractivity contribution is -0.164. The van der Waals surface area contributed by atoms with E-state index in [4.69, 9.17) is 19.9 Å². The highest BCUT2D eigenvalue weighted by Crippen LogP contribution is 2.43. The Labute approximate surface area is 153 Å². The van der Waals surface area contributed by atoms with Crippen LogP contribution < -0.4 is 10.5 Å². The predicted octanol–water partition coefficient (Wildman–Crippen LogP) is 1.83. The Hall–Kier alpha value is -2.28. The van der Waals surface area contributed by atoms with Crippen molar-refractivity contribution in [1.82, 2.24) is 0 Å². The molecular weight excluding hydrogens is 338 g/mol. The van der Waals surface area contributed by atoms with Crippen molar-refractivity contribution in [2.75, 3.05) is 13.2 Å². The third-order valence-corrected chi connectivity index (χ3v) is 4.93. The monoisotopic (exact) mass is 365 g/mol. The number of fused-ring (bicyclic) bond motifs is 1. The number of hydrogen-bond acceptors (Lipinski definition) is 7. The van der Waals surface area contributed by atoms with Crippen molar-refractivity contribution in [3.8, 4) is 11.5 Å². The number of phenols is 1. The number of aromatic hydroxyl groups is 1. The zero-order valence-corrected chi connectivity index (χ0v) is 16.0. The zero-order valence-electron chi connectivity index (χ0n) is 16.0. The molecule has 0 saturated carbocycles. The van der Waals surface area contributed by atoms with Crippen LogP contribution in [0.3, 0.4) is 0 Å². The molecule has 1 unspecified atom stereocenters. The van der Waals surface area contributed by atoms with Crippen molar-refractivity contribution in [2.24, 2.45) is 5.73 Å². The van der Waals surface area contributed by atoms with E-state index in [0.29, 0.717) is 18.6 Å². The molecule has 0 fully saturated rings. The van der Waals surface area contributed by atoms with Crippen LogP contribution in [-0.2, 0) is 25.5 Å². The molecule has 0 spiro atoms. The fraction of sp³-hybridized carbons (Fsp3) is 0.579. The first kappa shape index (κ1) is 20.0. The summed E-state index contributed by atoms with van der Waals surface area (Å²) in [6.45, 7) is 8.77. The Kier molecular flexibility index (Phi) is 5.81. The average Bonchev–Trinajstić information content (AvgIpc) is 2.62. The predicted molar refractivity (Wildman–Crippen MR) is 95.2 cm³/mol. The lowest BCUT2D eigenvalue weighted by Crippen LogP contribution is -2.48. The van der Waals surface area contributed by atoms with Gasteiger partial charge in [0.1, 0.15) is 24.1 Å². The van der Waals surface area contributed by atoms with E-state index in [1.54, 1.807) is 13.8 Å². The first-order chi connectivity index (χ1) is 12.1. The summed E-state index contributed by atoms with van der Waals surface area (Å²) in [7, 11) is 0. The van der Waals surface area contributed by atoms with Crippen LogP contribution in [0.25, 0.3) is 0 Å². The fourth-order valence-electron chi connectivity index (χ4n) is 3.03. The van der Waals surface area contributed by atoms with Gasteiger partial charge in [0.25, 0.3) is 0 Å². The topological polar surface area (TPSA) is 108 Å². The van der Waals surface area contributed by atoms with Gasteiger partial charge in [-0.2, -0.15) is 0 Å². The molecular formula is C19H27NO6. The van der Waals surface area contributed by atoms with Crippen molar-refractivity contribution in [3.63, 3.8) is 0 Å². The highest BCUT2D eigenvalue weighted by molar-refractivity contribution is 5.81. The summed E-state index contributed by atoms with van der Waals surface area (Å²) in [5, 5.41) is 10.2. The molecule has 1 aliphatic heterocycles. The molecule has 3 N–H and O–H groups in total. The van der Waals surface area contributed by atoms with E-state index >= 15 is 0 Å². The molecule has 1 aliphatic rings. The van der Waals surface area contributed by atoms with Crippen molar-refractivity contribution in [1.29, 1.82) is 0 Å². The van der Waals surface area contributed by atoms with Crippen LogP contribution in [0, 0.1) is 20.8 Å². The van der Waals surface area contributed by atoms with Gasteiger partial charge in [0.15, 0.2) is 0 Å². The van der Waals surface area contributed by atoms with Crippen molar-refractivity contribution in [2.45, 2.75) is 59.1 Å². The van der Waals surface area contributed by atoms with Gasteiger partial charge in [0, 0.05) is 12.0 Å². The summed E-state index contributed by atoms with van der Waals surface area (Å²) in [4.78, 5) is 24.1. The second-order valence-corrected chi connectivity index (χ2v) is 6.82. The van der Waals surface area contributed by atoms with Gasteiger partial charge in [-0.05, 0) is 57.7 Å². The van der Waals surface area contributed by atoms with E-state index in [2.05, 4.69) is 0 Å². The molecule has 1 heterocycles. The van der Waals surface area contributed by atoms with Gasteiger partial charge >= 0.3 is 11.9 Å². The minimum absolute atomic E-state index is 0.211. The molecule has 7 nitrogen and oxygen atoms in total. The molecule has 0 aromatic heterocycles. The number of nitrogens with two attached hydrogens (primary N) is 1. The molecule has 144 valence electrons. The van der Waals surface area contributed by atoms with Crippen LogP contribution in [0.5, 0.6) is 11.5 Å². The lowest BCUT2D eigenvalue weighted by atomic mass is 9.87. The molecule has 0 aliphatic carbocycles. The fourth-order valence-corrected chi connectivity index (χ4v) is 3.03. The Morgan fingerprint density at radius 3 is 2.50 bits per heavy atom. The SMILES string of the molecule is CCOC(=O)[C@@H](N)COC(=O)C1(C)CCc2c(C)c(O)c(C)c(C)c2O1. The number of esters is 2.